The van der Waals surface area contributed by atoms with Gasteiger partial charge in [0.25, 0.3) is 0 Å². The van der Waals surface area contributed by atoms with E-state index in [4.69, 9.17) is 5.73 Å². The van der Waals surface area contributed by atoms with Crippen molar-refractivity contribution >= 4 is 5.91 Å². The molecular formula is C13H24F3N3O2. The van der Waals surface area contributed by atoms with E-state index in [9.17, 15) is 18.0 Å². The molecule has 1 fully saturated rings. The highest BCUT2D eigenvalue weighted by Crippen LogP contribution is 2.14. The van der Waals surface area contributed by atoms with Gasteiger partial charge in [0.2, 0.25) is 5.91 Å². The average molecular weight is 311 g/mol. The maximum Gasteiger partial charge on any atom is 0.411 e. The molecule has 0 spiro atoms. The van der Waals surface area contributed by atoms with Gasteiger partial charge in [0.1, 0.15) is 6.61 Å². The highest BCUT2D eigenvalue weighted by Gasteiger charge is 2.27. The third-order valence-corrected chi connectivity index (χ3v) is 3.35. The quantitative estimate of drug-likeness (QED) is 0.708. The first-order chi connectivity index (χ1) is 9.92. The maximum atomic E-state index is 11.9. The third-order valence-electron chi connectivity index (χ3n) is 3.35. The zero-order chi connectivity index (χ0) is 15.7. The summed E-state index contributed by atoms with van der Waals surface area (Å²) in [7, 11) is 0. The second-order valence-corrected chi connectivity index (χ2v) is 5.14. The van der Waals surface area contributed by atoms with Gasteiger partial charge in [0, 0.05) is 19.6 Å². The van der Waals surface area contributed by atoms with Crippen molar-refractivity contribution in [2.75, 3.05) is 52.5 Å². The summed E-state index contributed by atoms with van der Waals surface area (Å²) >= 11 is 0. The highest BCUT2D eigenvalue weighted by atomic mass is 19.4. The lowest BCUT2D eigenvalue weighted by molar-refractivity contribution is -0.175. The molecule has 0 aliphatic carbocycles. The summed E-state index contributed by atoms with van der Waals surface area (Å²) in [5.74, 6) is -0.141. The summed E-state index contributed by atoms with van der Waals surface area (Å²) in [6.45, 7) is 3.06. The predicted molar refractivity (Wildman–Crippen MR) is 72.8 cm³/mol. The van der Waals surface area contributed by atoms with Crippen LogP contribution in [0.5, 0.6) is 0 Å². The van der Waals surface area contributed by atoms with Crippen molar-refractivity contribution in [2.45, 2.75) is 25.4 Å². The lowest BCUT2D eigenvalue weighted by Crippen LogP contribution is -2.36. The fourth-order valence-electron chi connectivity index (χ4n) is 2.26. The molecule has 1 amide bonds. The van der Waals surface area contributed by atoms with Crippen LogP contribution in [0, 0.1) is 0 Å². The van der Waals surface area contributed by atoms with Crippen LogP contribution in [0.15, 0.2) is 0 Å². The Morgan fingerprint density at radius 2 is 1.95 bits per heavy atom. The van der Waals surface area contributed by atoms with Gasteiger partial charge >= 0.3 is 6.18 Å². The Morgan fingerprint density at radius 3 is 2.62 bits per heavy atom. The van der Waals surface area contributed by atoms with Gasteiger partial charge in [-0.1, -0.05) is 0 Å². The Hall–Kier alpha value is -0.860. The Morgan fingerprint density at radius 1 is 1.19 bits per heavy atom. The Bertz CT molecular complexity index is 314. The first-order valence-corrected chi connectivity index (χ1v) is 7.27. The fourth-order valence-corrected chi connectivity index (χ4v) is 2.26. The second kappa shape index (κ2) is 9.22. The summed E-state index contributed by atoms with van der Waals surface area (Å²) in [6.07, 6.45) is -2.53. The molecule has 0 aromatic carbocycles. The zero-order valence-corrected chi connectivity index (χ0v) is 12.2. The van der Waals surface area contributed by atoms with Crippen LogP contribution in [0.25, 0.3) is 0 Å². The number of ether oxygens (including phenoxy) is 1. The van der Waals surface area contributed by atoms with Crippen LogP contribution in [0.1, 0.15) is 19.3 Å². The minimum Gasteiger partial charge on any atom is -0.372 e. The highest BCUT2D eigenvalue weighted by molar-refractivity contribution is 5.76. The van der Waals surface area contributed by atoms with Crippen LogP contribution < -0.4 is 5.73 Å². The van der Waals surface area contributed by atoms with E-state index in [0.717, 1.165) is 32.5 Å². The van der Waals surface area contributed by atoms with Gasteiger partial charge in [-0.25, -0.2) is 0 Å². The van der Waals surface area contributed by atoms with Gasteiger partial charge in [0.15, 0.2) is 0 Å². The summed E-state index contributed by atoms with van der Waals surface area (Å²) < 4.78 is 40.2. The van der Waals surface area contributed by atoms with Crippen molar-refractivity contribution in [1.82, 2.24) is 9.80 Å². The largest absolute Gasteiger partial charge is 0.411 e. The Labute approximate surface area is 123 Å². The van der Waals surface area contributed by atoms with Gasteiger partial charge in [-0.3, -0.25) is 4.79 Å². The van der Waals surface area contributed by atoms with Crippen LogP contribution in [0.3, 0.4) is 0 Å². The van der Waals surface area contributed by atoms with Gasteiger partial charge < -0.3 is 20.3 Å². The number of halogens is 3. The molecule has 2 N–H and O–H groups in total. The lowest BCUT2D eigenvalue weighted by Gasteiger charge is -2.22. The molecular weight excluding hydrogens is 287 g/mol. The van der Waals surface area contributed by atoms with E-state index in [2.05, 4.69) is 9.64 Å². The van der Waals surface area contributed by atoms with E-state index in [1.807, 2.05) is 0 Å². The smallest absolute Gasteiger partial charge is 0.372 e. The van der Waals surface area contributed by atoms with Gasteiger partial charge in [-0.15, -0.1) is 0 Å². The molecule has 0 radical (unpaired) electrons. The molecule has 0 aromatic heterocycles. The summed E-state index contributed by atoms with van der Waals surface area (Å²) in [4.78, 5) is 15.9. The molecule has 21 heavy (non-hydrogen) atoms. The summed E-state index contributed by atoms with van der Waals surface area (Å²) in [5.41, 5.74) is 5.47. The third kappa shape index (κ3) is 8.23. The van der Waals surface area contributed by atoms with Crippen LogP contribution in [-0.4, -0.2) is 74.4 Å². The number of nitrogens with zero attached hydrogens (tertiary/aromatic N) is 2. The van der Waals surface area contributed by atoms with E-state index in [1.54, 1.807) is 4.90 Å². The standard InChI is InChI=1S/C13H24F3N3O2/c14-13(15,16)11-21-10-3-12(20)19-7-2-6-18(8-9-19)5-1-4-17/h1-11,17H2. The monoisotopic (exact) mass is 311 g/mol. The number of amides is 1. The number of carbonyl (C=O) groups is 1. The molecule has 0 bridgehead atoms. The molecule has 0 saturated carbocycles. The minimum atomic E-state index is -4.34. The van der Waals surface area contributed by atoms with E-state index in [1.165, 1.54) is 0 Å². The summed E-state index contributed by atoms with van der Waals surface area (Å²) in [6, 6.07) is 0. The van der Waals surface area contributed by atoms with Crippen molar-refractivity contribution in [2.24, 2.45) is 5.73 Å². The predicted octanol–water partition coefficient (Wildman–Crippen LogP) is 0.838. The van der Waals surface area contributed by atoms with E-state index >= 15 is 0 Å². The van der Waals surface area contributed by atoms with Crippen molar-refractivity contribution in [1.29, 1.82) is 0 Å². The SMILES string of the molecule is NCCCN1CCCN(C(=O)CCOCC(F)(F)F)CC1. The van der Waals surface area contributed by atoms with Gasteiger partial charge in [0.05, 0.1) is 13.0 Å². The number of rotatable bonds is 7. The van der Waals surface area contributed by atoms with Crippen LogP contribution in [0.4, 0.5) is 13.2 Å². The first-order valence-electron chi connectivity index (χ1n) is 7.27. The molecule has 0 aromatic rings. The van der Waals surface area contributed by atoms with E-state index < -0.39 is 12.8 Å². The molecule has 1 saturated heterocycles. The zero-order valence-electron chi connectivity index (χ0n) is 12.2. The lowest BCUT2D eigenvalue weighted by atomic mass is 10.3. The van der Waals surface area contributed by atoms with Crippen LogP contribution in [0.2, 0.25) is 0 Å². The normalized spacial score (nSPS) is 17.8. The van der Waals surface area contributed by atoms with Crippen molar-refractivity contribution in [3.05, 3.63) is 0 Å². The molecule has 1 aliphatic rings. The first kappa shape index (κ1) is 18.2. The topological polar surface area (TPSA) is 58.8 Å². The molecule has 1 rings (SSSR count). The molecule has 1 heterocycles. The molecule has 8 heteroatoms. The molecule has 0 atom stereocenters. The fraction of sp³-hybridized carbons (Fsp3) is 0.923. The summed E-state index contributed by atoms with van der Waals surface area (Å²) in [5, 5.41) is 0. The minimum absolute atomic E-state index is 0.00111. The number of hydrogen-bond acceptors (Lipinski definition) is 4. The molecule has 0 unspecified atom stereocenters. The maximum absolute atomic E-state index is 11.9. The number of carbonyl (C=O) groups excluding carboxylic acids is 1. The number of nitrogens with two attached hydrogens (primary N) is 1. The average Bonchev–Trinajstić information content (AvgIpc) is 2.65. The number of hydrogen-bond donors (Lipinski definition) is 1. The van der Waals surface area contributed by atoms with E-state index in [-0.39, 0.29) is 18.9 Å². The van der Waals surface area contributed by atoms with Crippen molar-refractivity contribution in [3.8, 4) is 0 Å². The Balaban J connectivity index is 2.22. The molecule has 124 valence electrons. The Kier molecular flexibility index (Phi) is 7.98. The van der Waals surface area contributed by atoms with Crippen LogP contribution >= 0.6 is 0 Å². The second-order valence-electron chi connectivity index (χ2n) is 5.14. The van der Waals surface area contributed by atoms with Crippen molar-refractivity contribution in [3.63, 3.8) is 0 Å². The van der Waals surface area contributed by atoms with Crippen molar-refractivity contribution < 1.29 is 22.7 Å². The van der Waals surface area contributed by atoms with E-state index in [0.29, 0.717) is 19.6 Å². The number of alkyl halides is 3. The van der Waals surface area contributed by atoms with Gasteiger partial charge in [-0.05, 0) is 32.5 Å². The van der Waals surface area contributed by atoms with Crippen LogP contribution in [-0.2, 0) is 9.53 Å². The molecule has 1 aliphatic heterocycles. The van der Waals surface area contributed by atoms with Gasteiger partial charge in [-0.2, -0.15) is 13.2 Å². The molecule has 5 nitrogen and oxygen atoms in total.